The zero-order chi connectivity index (χ0) is 23.4. The van der Waals surface area contributed by atoms with E-state index in [-0.39, 0.29) is 11.3 Å². The summed E-state index contributed by atoms with van der Waals surface area (Å²) in [6.45, 7) is 0.896. The Kier molecular flexibility index (Phi) is 4.72. The smallest absolute Gasteiger partial charge is 0.183 e. The number of carbonyl (C=O) groups is 1. The van der Waals surface area contributed by atoms with Crippen molar-refractivity contribution in [2.75, 3.05) is 11.4 Å². The normalized spacial score (nSPS) is 25.5. The van der Waals surface area contributed by atoms with Crippen molar-refractivity contribution < 1.29 is 4.79 Å². The number of aryl methyl sites for hydroxylation is 1. The van der Waals surface area contributed by atoms with Crippen LogP contribution in [0.1, 0.15) is 66.5 Å². The Labute approximate surface area is 204 Å². The van der Waals surface area contributed by atoms with E-state index in [0.717, 1.165) is 85.5 Å². The molecule has 4 heterocycles. The van der Waals surface area contributed by atoms with E-state index >= 15 is 0 Å². The maximum atomic E-state index is 12.1. The van der Waals surface area contributed by atoms with Crippen molar-refractivity contribution >= 4 is 29.0 Å². The lowest BCUT2D eigenvalue weighted by Gasteiger charge is -2.40. The van der Waals surface area contributed by atoms with Crippen LogP contribution in [0.2, 0.25) is 0 Å². The van der Waals surface area contributed by atoms with Crippen molar-refractivity contribution in [1.29, 1.82) is 0 Å². The van der Waals surface area contributed by atoms with Crippen LogP contribution in [-0.4, -0.2) is 38.0 Å². The number of hydrogen-bond acceptors (Lipinski definition) is 6. The van der Waals surface area contributed by atoms with Crippen molar-refractivity contribution in [3.63, 3.8) is 0 Å². The van der Waals surface area contributed by atoms with E-state index < -0.39 is 0 Å². The van der Waals surface area contributed by atoms with E-state index in [0.29, 0.717) is 5.92 Å². The number of benzene rings is 1. The fraction of sp³-hybridized carbons (Fsp3) is 0.393. The molecule has 1 spiro atoms. The topological polar surface area (TPSA) is 87.7 Å². The Morgan fingerprint density at radius 2 is 1.97 bits per heavy atom. The number of anilines is 2. The molecule has 3 aromatic heterocycles. The summed E-state index contributed by atoms with van der Waals surface area (Å²) in [7, 11) is 0. The van der Waals surface area contributed by atoms with Gasteiger partial charge in [0.1, 0.15) is 6.29 Å². The zero-order valence-corrected chi connectivity index (χ0v) is 19.7. The molecule has 0 bridgehead atoms. The molecule has 1 aromatic carbocycles. The first-order chi connectivity index (χ1) is 17.3. The number of aromatic nitrogens is 5. The maximum Gasteiger partial charge on any atom is 0.183 e. The number of pyridine rings is 1. The molecule has 176 valence electrons. The molecule has 4 aromatic rings. The summed E-state index contributed by atoms with van der Waals surface area (Å²) in [6.07, 6.45) is 12.2. The summed E-state index contributed by atoms with van der Waals surface area (Å²) in [5, 5.41) is 7.76. The summed E-state index contributed by atoms with van der Waals surface area (Å²) in [5.41, 5.74) is 7.46. The maximum absolute atomic E-state index is 12.1. The Morgan fingerprint density at radius 1 is 1.09 bits per heavy atom. The second kappa shape index (κ2) is 7.97. The van der Waals surface area contributed by atoms with Crippen LogP contribution in [0.15, 0.2) is 48.8 Å². The number of aromatic amines is 1. The molecule has 1 aliphatic heterocycles. The SMILES string of the molecule is O=CC1c2ccccc2CC12CCC(c1cnc3c(N4CCCc5ncccc54)n[nH]c3n1)CC2. The van der Waals surface area contributed by atoms with Crippen LogP contribution in [0.4, 0.5) is 11.5 Å². The first kappa shape index (κ1) is 20.7. The van der Waals surface area contributed by atoms with Crippen LogP contribution in [0.5, 0.6) is 0 Å². The summed E-state index contributed by atoms with van der Waals surface area (Å²) >= 11 is 0. The van der Waals surface area contributed by atoms with E-state index in [2.05, 4.69) is 50.4 Å². The lowest BCUT2D eigenvalue weighted by atomic mass is 9.64. The van der Waals surface area contributed by atoms with Crippen molar-refractivity contribution in [2.24, 2.45) is 5.41 Å². The first-order valence-corrected chi connectivity index (χ1v) is 12.7. The number of nitrogens with zero attached hydrogens (tertiary/aromatic N) is 5. The Hall–Kier alpha value is -3.61. The molecule has 2 aliphatic carbocycles. The van der Waals surface area contributed by atoms with Crippen LogP contribution < -0.4 is 4.90 Å². The van der Waals surface area contributed by atoms with Gasteiger partial charge in [0.05, 0.1) is 17.1 Å². The Bertz CT molecular complexity index is 1420. The van der Waals surface area contributed by atoms with Gasteiger partial charge < -0.3 is 9.69 Å². The number of carbonyl (C=O) groups excluding carboxylic acids is 1. The fourth-order valence-corrected chi connectivity index (χ4v) is 6.81. The van der Waals surface area contributed by atoms with Gasteiger partial charge in [0, 0.05) is 30.8 Å². The molecule has 35 heavy (non-hydrogen) atoms. The second-order valence-electron chi connectivity index (χ2n) is 10.4. The summed E-state index contributed by atoms with van der Waals surface area (Å²) in [5.74, 6) is 1.21. The number of fused-ring (bicyclic) bond motifs is 3. The first-order valence-electron chi connectivity index (χ1n) is 12.7. The molecule has 1 N–H and O–H groups in total. The third-order valence-corrected chi connectivity index (χ3v) is 8.61. The third-order valence-electron chi connectivity index (χ3n) is 8.61. The molecular weight excluding hydrogens is 436 g/mol. The van der Waals surface area contributed by atoms with Gasteiger partial charge in [-0.05, 0) is 73.6 Å². The van der Waals surface area contributed by atoms with E-state index in [4.69, 9.17) is 9.97 Å². The largest absolute Gasteiger partial charge is 0.321 e. The van der Waals surface area contributed by atoms with Crippen LogP contribution >= 0.6 is 0 Å². The van der Waals surface area contributed by atoms with E-state index in [1.165, 1.54) is 17.4 Å². The standard InChI is InChI=1S/C28H28N6O/c35-17-21-20-6-2-1-5-19(20)15-28(21)11-9-18(10-12-28)23-16-30-25-26(31-23)32-33-27(25)34-14-4-7-22-24(34)8-3-13-29-22/h1-3,5-6,8,13,16-18,21H,4,7,9-12,14-15H2,(H,31,32,33). The summed E-state index contributed by atoms with van der Waals surface area (Å²) in [6, 6.07) is 12.6. The molecule has 0 amide bonds. The fourth-order valence-electron chi connectivity index (χ4n) is 6.81. The minimum Gasteiger partial charge on any atom is -0.321 e. The molecule has 7 nitrogen and oxygen atoms in total. The number of aldehydes is 1. The number of nitrogens with one attached hydrogen (secondary N) is 1. The summed E-state index contributed by atoms with van der Waals surface area (Å²) < 4.78 is 0. The molecule has 1 fully saturated rings. The molecule has 1 atom stereocenters. The van der Waals surface area contributed by atoms with Crippen LogP contribution in [0, 0.1) is 5.41 Å². The highest BCUT2D eigenvalue weighted by molar-refractivity contribution is 5.86. The van der Waals surface area contributed by atoms with Gasteiger partial charge in [-0.1, -0.05) is 24.3 Å². The van der Waals surface area contributed by atoms with Crippen molar-refractivity contribution in [3.8, 4) is 0 Å². The van der Waals surface area contributed by atoms with Gasteiger partial charge in [-0.25, -0.2) is 9.97 Å². The number of H-pyrrole nitrogens is 1. The molecule has 3 aliphatic rings. The summed E-state index contributed by atoms with van der Waals surface area (Å²) in [4.78, 5) is 28.7. The average Bonchev–Trinajstić information content (AvgIpc) is 3.46. The van der Waals surface area contributed by atoms with Crippen LogP contribution in [-0.2, 0) is 17.6 Å². The lowest BCUT2D eigenvalue weighted by Crippen LogP contribution is -2.32. The molecule has 1 saturated carbocycles. The minimum atomic E-state index is 0.0188. The van der Waals surface area contributed by atoms with E-state index in [1.54, 1.807) is 0 Å². The van der Waals surface area contributed by atoms with Gasteiger partial charge in [-0.15, -0.1) is 0 Å². The highest BCUT2D eigenvalue weighted by Crippen LogP contribution is 2.56. The lowest BCUT2D eigenvalue weighted by molar-refractivity contribution is -0.112. The quantitative estimate of drug-likeness (QED) is 0.429. The van der Waals surface area contributed by atoms with Crippen LogP contribution in [0.3, 0.4) is 0 Å². The van der Waals surface area contributed by atoms with Gasteiger partial charge in [-0.2, -0.15) is 5.10 Å². The Balaban J connectivity index is 1.13. The number of rotatable bonds is 3. The van der Waals surface area contributed by atoms with Gasteiger partial charge in [-0.3, -0.25) is 10.1 Å². The Morgan fingerprint density at radius 3 is 2.86 bits per heavy atom. The van der Waals surface area contributed by atoms with Crippen molar-refractivity contribution in [2.45, 2.75) is 56.8 Å². The highest BCUT2D eigenvalue weighted by Gasteiger charge is 2.47. The molecule has 1 unspecified atom stereocenters. The zero-order valence-electron chi connectivity index (χ0n) is 19.7. The predicted octanol–water partition coefficient (Wildman–Crippen LogP) is 5.02. The van der Waals surface area contributed by atoms with Gasteiger partial charge in [0.15, 0.2) is 17.0 Å². The molecule has 7 rings (SSSR count). The minimum absolute atomic E-state index is 0.0188. The monoisotopic (exact) mass is 464 g/mol. The van der Waals surface area contributed by atoms with Gasteiger partial charge in [0.2, 0.25) is 0 Å². The van der Waals surface area contributed by atoms with Gasteiger partial charge >= 0.3 is 0 Å². The molecule has 7 heteroatoms. The third kappa shape index (κ3) is 3.21. The van der Waals surface area contributed by atoms with E-state index in [9.17, 15) is 4.79 Å². The predicted molar refractivity (Wildman–Crippen MR) is 134 cm³/mol. The molecule has 0 saturated heterocycles. The average molecular weight is 465 g/mol. The van der Waals surface area contributed by atoms with Crippen LogP contribution in [0.25, 0.3) is 11.2 Å². The van der Waals surface area contributed by atoms with E-state index in [1.807, 2.05) is 18.5 Å². The molecular formula is C28H28N6O. The van der Waals surface area contributed by atoms with Crippen molar-refractivity contribution in [3.05, 3.63) is 71.3 Å². The molecule has 0 radical (unpaired) electrons. The number of hydrogen-bond donors (Lipinski definition) is 1. The highest BCUT2D eigenvalue weighted by atomic mass is 16.1. The second-order valence-corrected chi connectivity index (χ2v) is 10.4. The van der Waals surface area contributed by atoms with Gasteiger partial charge in [0.25, 0.3) is 0 Å². The van der Waals surface area contributed by atoms with Crippen molar-refractivity contribution in [1.82, 2.24) is 25.1 Å².